The summed E-state index contributed by atoms with van der Waals surface area (Å²) in [6, 6.07) is 0. The summed E-state index contributed by atoms with van der Waals surface area (Å²) < 4.78 is 186. The Bertz CT molecular complexity index is 1060. The molecule has 188 valence electrons. The molecule has 0 bridgehead atoms. The third kappa shape index (κ3) is 3.72. The molecule has 0 atom stereocenters. The lowest BCUT2D eigenvalue weighted by molar-refractivity contribution is -0.271. The largest absolute Gasteiger partial charge is 0.373 e. The van der Waals surface area contributed by atoms with E-state index < -0.39 is 67.6 Å². The summed E-state index contributed by atoms with van der Waals surface area (Å²) in [4.78, 5) is 0. The average Bonchev–Trinajstić information content (AvgIpc) is 3.25. The van der Waals surface area contributed by atoms with E-state index in [2.05, 4.69) is 10.2 Å². The van der Waals surface area contributed by atoms with E-state index in [9.17, 15) is 61.1 Å². The fourth-order valence-corrected chi connectivity index (χ4v) is 4.56. The molecule has 19 heteroatoms. The number of rotatable bonds is 8. The van der Waals surface area contributed by atoms with Gasteiger partial charge in [-0.1, -0.05) is 0 Å². The lowest BCUT2D eigenvalue weighted by Gasteiger charge is -2.27. The Balaban J connectivity index is 2.87. The van der Waals surface area contributed by atoms with Crippen LogP contribution in [0.15, 0.2) is 22.4 Å². The molecule has 0 amide bonds. The van der Waals surface area contributed by atoms with Gasteiger partial charge in [0.05, 0.1) is 23.5 Å². The van der Waals surface area contributed by atoms with Crippen LogP contribution in [0.5, 0.6) is 0 Å². The van der Waals surface area contributed by atoms with Crippen LogP contribution in [0.25, 0.3) is 0 Å². The quantitative estimate of drug-likeness (QED) is 0.489. The van der Waals surface area contributed by atoms with Gasteiger partial charge >= 0.3 is 36.5 Å². The smallest absolute Gasteiger partial charge is 0.256 e. The van der Waals surface area contributed by atoms with Crippen LogP contribution >= 0.6 is 0 Å². The third-order valence-corrected chi connectivity index (χ3v) is 6.33. The molecule has 0 aliphatic heterocycles. The van der Waals surface area contributed by atoms with Crippen molar-refractivity contribution in [2.45, 2.75) is 46.6 Å². The topological polar surface area (TPSA) is 69.8 Å². The van der Waals surface area contributed by atoms with E-state index in [-0.39, 0.29) is 21.8 Å². The van der Waals surface area contributed by atoms with Gasteiger partial charge in [-0.2, -0.15) is 45.3 Å². The molecule has 2 heterocycles. The monoisotopic (exact) mass is 526 g/mol. The lowest BCUT2D eigenvalue weighted by atomic mass is 10.1. The highest BCUT2D eigenvalue weighted by atomic mass is 32.2. The van der Waals surface area contributed by atoms with Gasteiger partial charge in [0.2, 0.25) is 9.84 Å². The summed E-state index contributed by atoms with van der Waals surface area (Å²) in [5.74, 6) is -24.3. The molecule has 6 nitrogen and oxygen atoms in total. The zero-order chi connectivity index (χ0) is 25.9. The number of aryl methyl sites for hydroxylation is 2. The van der Waals surface area contributed by atoms with Crippen LogP contribution in [-0.4, -0.2) is 52.7 Å². The van der Waals surface area contributed by atoms with Crippen LogP contribution in [0.4, 0.5) is 52.7 Å². The Morgan fingerprint density at radius 2 is 0.970 bits per heavy atom. The molecule has 0 radical (unpaired) electrons. The summed E-state index contributed by atoms with van der Waals surface area (Å²) in [5.41, 5.74) is -4.79. The normalized spacial score (nSPS) is 14.5. The Morgan fingerprint density at radius 3 is 1.21 bits per heavy atom. The van der Waals surface area contributed by atoms with Gasteiger partial charge in [0.25, 0.3) is 0 Å². The van der Waals surface area contributed by atoms with E-state index in [0.29, 0.717) is 14.1 Å². The number of halogens is 12. The van der Waals surface area contributed by atoms with Crippen molar-refractivity contribution in [3.05, 3.63) is 23.5 Å². The van der Waals surface area contributed by atoms with Crippen molar-refractivity contribution in [1.29, 1.82) is 0 Å². The number of nitrogens with zero attached hydrogens (tertiary/aromatic N) is 4. The summed E-state index contributed by atoms with van der Waals surface area (Å²) >= 11 is 0. The van der Waals surface area contributed by atoms with Crippen LogP contribution in [-0.2, 0) is 35.8 Å². The average molecular weight is 526 g/mol. The minimum absolute atomic E-state index is 0.125. The minimum Gasteiger partial charge on any atom is -0.256 e. The lowest BCUT2D eigenvalue weighted by Crippen LogP contribution is -2.45. The van der Waals surface area contributed by atoms with Gasteiger partial charge in [-0.3, -0.25) is 9.36 Å². The third-order valence-electron chi connectivity index (χ3n) is 4.34. The number of hydrogen-bond donors (Lipinski definition) is 0. The molecule has 0 aliphatic carbocycles. The van der Waals surface area contributed by atoms with E-state index in [0.717, 1.165) is 0 Å². The predicted molar refractivity (Wildman–Crippen MR) is 81.6 cm³/mol. The number of hydrogen-bond acceptors (Lipinski definition) is 4. The molecular formula is C14H10F12N4O2S. The summed E-state index contributed by atoms with van der Waals surface area (Å²) in [5, 5.41) is 1.70. The van der Waals surface area contributed by atoms with Gasteiger partial charge in [-0.25, -0.2) is 26.0 Å². The van der Waals surface area contributed by atoms with Crippen molar-refractivity contribution in [3.63, 3.8) is 0 Å². The van der Waals surface area contributed by atoms with E-state index >= 15 is 0 Å². The highest BCUT2D eigenvalue weighted by Crippen LogP contribution is 2.51. The molecule has 0 fully saturated rings. The number of alkyl halides is 12. The molecule has 0 spiro atoms. The maximum absolute atomic E-state index is 14.2. The van der Waals surface area contributed by atoms with Gasteiger partial charge in [0.1, 0.15) is 0 Å². The highest BCUT2D eigenvalue weighted by molar-refractivity contribution is 7.91. The molecule has 0 aromatic carbocycles. The summed E-state index contributed by atoms with van der Waals surface area (Å²) in [6.07, 6.45) is -10.6. The van der Waals surface area contributed by atoms with Crippen molar-refractivity contribution in [3.8, 4) is 0 Å². The SMILES string of the molecule is Cn1ncc(C(F)(F)C(F)(F)C(F)F)c1S(=O)(=O)c1c(C(F)(F)C(F)(F)C(F)F)cnn1C. The van der Waals surface area contributed by atoms with Crippen LogP contribution in [0, 0.1) is 0 Å². The molecule has 0 saturated carbocycles. The highest BCUT2D eigenvalue weighted by Gasteiger charge is 2.68. The van der Waals surface area contributed by atoms with Crippen LogP contribution in [0.1, 0.15) is 11.1 Å². The molecule has 0 saturated heterocycles. The van der Waals surface area contributed by atoms with Gasteiger partial charge in [-0.05, 0) is 0 Å². The first kappa shape index (κ1) is 26.8. The first-order chi connectivity index (χ1) is 14.7. The maximum atomic E-state index is 14.2. The van der Waals surface area contributed by atoms with E-state index in [1.54, 1.807) is 0 Å². The van der Waals surface area contributed by atoms with Crippen molar-refractivity contribution < 1.29 is 61.1 Å². The van der Waals surface area contributed by atoms with Crippen LogP contribution in [0.3, 0.4) is 0 Å². The van der Waals surface area contributed by atoms with E-state index in [1.165, 1.54) is 0 Å². The van der Waals surface area contributed by atoms with E-state index in [1.807, 2.05) is 0 Å². The zero-order valence-corrected chi connectivity index (χ0v) is 16.7. The van der Waals surface area contributed by atoms with Crippen molar-refractivity contribution >= 4 is 9.84 Å². The Kier molecular flexibility index (Phi) is 6.33. The maximum Gasteiger partial charge on any atom is 0.373 e. The summed E-state index contributed by atoms with van der Waals surface area (Å²) in [7, 11) is -5.04. The molecule has 33 heavy (non-hydrogen) atoms. The van der Waals surface area contributed by atoms with Crippen molar-refractivity contribution in [2.24, 2.45) is 14.1 Å². The molecule has 2 aromatic heterocycles. The van der Waals surface area contributed by atoms with Gasteiger partial charge in [-0.15, -0.1) is 0 Å². The standard InChI is InChI=1S/C14H10F12N4O2S/c1-29-7(5(3-27-29)11(19,20)13(23,24)9(15)16)33(31,32)8-6(4-28-30(8)2)12(21,22)14(25,26)10(17)18/h3-4,9-10H,1-2H3. The Morgan fingerprint density at radius 1 is 0.697 bits per heavy atom. The van der Waals surface area contributed by atoms with Crippen molar-refractivity contribution in [2.75, 3.05) is 0 Å². The fraction of sp³-hybridized carbons (Fsp3) is 0.571. The predicted octanol–water partition coefficient (Wildman–Crippen LogP) is 3.97. The van der Waals surface area contributed by atoms with Gasteiger partial charge in [0.15, 0.2) is 10.1 Å². The number of sulfone groups is 1. The molecule has 2 rings (SSSR count). The molecule has 2 aromatic rings. The summed E-state index contributed by atoms with van der Waals surface area (Å²) in [6.45, 7) is 0. The molecule has 0 unspecified atom stereocenters. The van der Waals surface area contributed by atoms with Gasteiger partial charge in [0, 0.05) is 14.1 Å². The van der Waals surface area contributed by atoms with Crippen LogP contribution < -0.4 is 0 Å². The fourth-order valence-electron chi connectivity index (χ4n) is 2.65. The molecular weight excluding hydrogens is 516 g/mol. The Labute approximate surface area is 175 Å². The second kappa shape index (κ2) is 7.79. The first-order valence-electron chi connectivity index (χ1n) is 8.04. The first-order valence-corrected chi connectivity index (χ1v) is 9.52. The Hall–Kier alpha value is -2.47. The van der Waals surface area contributed by atoms with Gasteiger partial charge < -0.3 is 0 Å². The minimum atomic E-state index is -6.19. The number of aromatic nitrogens is 4. The molecule has 0 aliphatic rings. The molecule has 0 N–H and O–H groups in total. The van der Waals surface area contributed by atoms with E-state index in [4.69, 9.17) is 0 Å². The van der Waals surface area contributed by atoms with Crippen molar-refractivity contribution in [1.82, 2.24) is 19.6 Å². The zero-order valence-electron chi connectivity index (χ0n) is 15.9. The second-order valence-corrected chi connectivity index (χ2v) is 8.25. The van der Waals surface area contributed by atoms with Crippen LogP contribution in [0.2, 0.25) is 0 Å². The second-order valence-electron chi connectivity index (χ2n) is 6.47.